The van der Waals surface area contributed by atoms with E-state index >= 15 is 0 Å². The molecular formula is C14H17F7O2. The van der Waals surface area contributed by atoms with Crippen LogP contribution in [0.25, 0.3) is 0 Å². The van der Waals surface area contributed by atoms with Gasteiger partial charge in [0.05, 0.1) is 12.0 Å². The average Bonchev–Trinajstić information content (AvgIpc) is 2.68. The first-order valence-corrected chi connectivity index (χ1v) is 7.08. The van der Waals surface area contributed by atoms with Gasteiger partial charge >= 0.3 is 18.0 Å². The lowest BCUT2D eigenvalue weighted by molar-refractivity contribution is -0.344. The largest absolute Gasteiger partial charge is 0.460 e. The molecule has 2 saturated carbocycles. The number of halogens is 7. The molecule has 2 rings (SSSR count). The molecule has 23 heavy (non-hydrogen) atoms. The number of fused-ring (bicyclic) bond motifs is 2. The highest BCUT2D eigenvalue weighted by Crippen LogP contribution is 2.68. The summed E-state index contributed by atoms with van der Waals surface area (Å²) in [4.78, 5) is 11.9. The van der Waals surface area contributed by atoms with Gasteiger partial charge in [-0.15, -0.1) is 0 Å². The van der Waals surface area contributed by atoms with E-state index in [9.17, 15) is 40.6 Å². The molecule has 0 amide bonds. The summed E-state index contributed by atoms with van der Waals surface area (Å²) >= 11 is 0. The zero-order valence-electron chi connectivity index (χ0n) is 12.6. The van der Waals surface area contributed by atoms with Crippen molar-refractivity contribution in [1.82, 2.24) is 0 Å². The monoisotopic (exact) mass is 350 g/mol. The predicted octanol–water partition coefficient (Wildman–Crippen LogP) is 3.82. The number of aliphatic hydroxyl groups is 1. The first-order chi connectivity index (χ1) is 10.0. The molecule has 4 unspecified atom stereocenters. The van der Waals surface area contributed by atoms with E-state index in [0.717, 1.165) is 0 Å². The van der Waals surface area contributed by atoms with Gasteiger partial charge in [-0.05, 0) is 29.6 Å². The maximum Gasteiger partial charge on any atom is 0.460 e. The Kier molecular flexibility index (Phi) is 3.70. The zero-order valence-corrected chi connectivity index (χ0v) is 12.6. The van der Waals surface area contributed by atoms with Crippen LogP contribution in [0.5, 0.6) is 0 Å². The number of carbonyl (C=O) groups is 1. The Hall–Kier alpha value is -0.860. The molecule has 134 valence electrons. The number of ketones is 1. The predicted molar refractivity (Wildman–Crippen MR) is 65.1 cm³/mol. The smallest absolute Gasteiger partial charge is 0.392 e. The van der Waals surface area contributed by atoms with Gasteiger partial charge in [-0.2, -0.15) is 30.7 Å². The lowest BCUT2D eigenvalue weighted by Gasteiger charge is -2.37. The van der Waals surface area contributed by atoms with Crippen LogP contribution in [-0.2, 0) is 4.79 Å². The van der Waals surface area contributed by atoms with Crippen LogP contribution < -0.4 is 0 Å². The summed E-state index contributed by atoms with van der Waals surface area (Å²) < 4.78 is 90.3. The quantitative estimate of drug-likeness (QED) is 0.786. The Morgan fingerprint density at radius 1 is 1.04 bits per heavy atom. The van der Waals surface area contributed by atoms with E-state index in [-0.39, 0.29) is 6.42 Å². The molecule has 0 radical (unpaired) electrons. The van der Waals surface area contributed by atoms with E-state index in [1.807, 2.05) is 0 Å². The van der Waals surface area contributed by atoms with Crippen LogP contribution in [0.15, 0.2) is 0 Å². The fourth-order valence-corrected chi connectivity index (χ4v) is 4.20. The van der Waals surface area contributed by atoms with Gasteiger partial charge in [-0.3, -0.25) is 4.79 Å². The van der Waals surface area contributed by atoms with E-state index in [2.05, 4.69) is 0 Å². The minimum atomic E-state index is -6.56. The van der Waals surface area contributed by atoms with Crippen LogP contribution >= 0.6 is 0 Å². The number of aliphatic hydroxyl groups excluding tert-OH is 1. The topological polar surface area (TPSA) is 37.3 Å². The Bertz CT molecular complexity index is 526. The molecule has 0 heterocycles. The van der Waals surface area contributed by atoms with Crippen molar-refractivity contribution in [3.8, 4) is 0 Å². The van der Waals surface area contributed by atoms with Crippen molar-refractivity contribution in [1.29, 1.82) is 0 Å². The van der Waals surface area contributed by atoms with E-state index < -0.39 is 52.6 Å². The van der Waals surface area contributed by atoms with Crippen molar-refractivity contribution in [3.63, 3.8) is 0 Å². The molecule has 2 nitrogen and oxygen atoms in total. The SMILES string of the molecule is CC1(C)C2CCC1(C)C(O)C2C(=O)C(F)(F)C(F)(F)C(F)(F)F. The van der Waals surface area contributed by atoms with Gasteiger partial charge in [0.25, 0.3) is 0 Å². The second kappa shape index (κ2) is 4.61. The molecule has 0 aromatic rings. The molecule has 2 bridgehead atoms. The molecule has 0 aromatic carbocycles. The lowest BCUT2D eigenvalue weighted by Crippen LogP contribution is -2.59. The first-order valence-electron chi connectivity index (χ1n) is 7.08. The summed E-state index contributed by atoms with van der Waals surface area (Å²) in [5.41, 5.74) is -1.81. The van der Waals surface area contributed by atoms with Gasteiger partial charge in [-0.1, -0.05) is 20.8 Å². The van der Waals surface area contributed by atoms with Gasteiger partial charge < -0.3 is 5.11 Å². The zero-order chi connectivity index (χ0) is 18.2. The average molecular weight is 350 g/mol. The van der Waals surface area contributed by atoms with Crippen LogP contribution in [0.4, 0.5) is 30.7 Å². The number of rotatable bonds is 3. The van der Waals surface area contributed by atoms with Gasteiger partial charge in [0, 0.05) is 0 Å². The van der Waals surface area contributed by atoms with E-state index in [1.54, 1.807) is 13.8 Å². The maximum absolute atomic E-state index is 13.7. The summed E-state index contributed by atoms with van der Waals surface area (Å²) in [6.45, 7) is 4.73. The fraction of sp³-hybridized carbons (Fsp3) is 0.929. The van der Waals surface area contributed by atoms with Crippen LogP contribution in [0.1, 0.15) is 33.6 Å². The summed E-state index contributed by atoms with van der Waals surface area (Å²) in [7, 11) is 0. The third kappa shape index (κ3) is 2.01. The normalized spacial score (nSPS) is 37.3. The van der Waals surface area contributed by atoms with Crippen molar-refractivity contribution in [3.05, 3.63) is 0 Å². The molecule has 2 fully saturated rings. The molecule has 0 spiro atoms. The highest BCUT2D eigenvalue weighted by molar-refractivity contribution is 5.90. The third-order valence-electron chi connectivity index (χ3n) is 6.16. The summed E-state index contributed by atoms with van der Waals surface area (Å²) in [6, 6.07) is 0. The Morgan fingerprint density at radius 2 is 1.52 bits per heavy atom. The molecule has 9 heteroatoms. The van der Waals surface area contributed by atoms with Gasteiger partial charge in [0.15, 0.2) is 0 Å². The van der Waals surface area contributed by atoms with Gasteiger partial charge in [0.1, 0.15) is 0 Å². The van der Waals surface area contributed by atoms with Crippen molar-refractivity contribution in [2.24, 2.45) is 22.7 Å². The molecular weight excluding hydrogens is 333 g/mol. The van der Waals surface area contributed by atoms with E-state index in [1.165, 1.54) is 6.92 Å². The highest BCUT2D eigenvalue weighted by atomic mass is 19.4. The van der Waals surface area contributed by atoms with Crippen LogP contribution in [0, 0.1) is 22.7 Å². The minimum absolute atomic E-state index is 0.213. The van der Waals surface area contributed by atoms with Gasteiger partial charge in [-0.25, -0.2) is 0 Å². The number of alkyl halides is 7. The Balaban J connectivity index is 2.43. The molecule has 4 atom stereocenters. The number of Topliss-reactive ketones (excluding diaryl/α,β-unsaturated/α-hetero) is 1. The van der Waals surface area contributed by atoms with Crippen molar-refractivity contribution in [2.45, 2.75) is 57.7 Å². The van der Waals surface area contributed by atoms with E-state index in [4.69, 9.17) is 0 Å². The first kappa shape index (κ1) is 18.5. The van der Waals surface area contributed by atoms with Crippen LogP contribution in [0.3, 0.4) is 0 Å². The molecule has 0 saturated heterocycles. The number of carbonyl (C=O) groups excluding carboxylic acids is 1. The molecule has 0 aromatic heterocycles. The molecule has 1 N–H and O–H groups in total. The molecule has 2 aliphatic carbocycles. The van der Waals surface area contributed by atoms with E-state index in [0.29, 0.717) is 6.42 Å². The second-order valence-electron chi connectivity index (χ2n) is 7.27. The van der Waals surface area contributed by atoms with Crippen molar-refractivity contribution in [2.75, 3.05) is 0 Å². The second-order valence-corrected chi connectivity index (χ2v) is 7.27. The summed E-state index contributed by atoms with van der Waals surface area (Å²) in [5, 5.41) is 10.2. The standard InChI is InChI=1S/C14H17F7O2/c1-10(2)6-4-5-11(10,3)8(22)7(6)9(23)12(15,16)13(17,18)14(19,20)21/h6-8,22H,4-5H2,1-3H3. The van der Waals surface area contributed by atoms with Gasteiger partial charge in [0.2, 0.25) is 5.78 Å². The number of hydrogen-bond donors (Lipinski definition) is 1. The summed E-state index contributed by atoms with van der Waals surface area (Å²) in [6.07, 6.45) is -7.64. The highest BCUT2D eigenvalue weighted by Gasteiger charge is 2.79. The Labute approximate surface area is 128 Å². The van der Waals surface area contributed by atoms with Crippen LogP contribution in [0.2, 0.25) is 0 Å². The summed E-state index contributed by atoms with van der Waals surface area (Å²) in [5.74, 6) is -17.7. The van der Waals surface area contributed by atoms with Crippen molar-refractivity contribution < 1.29 is 40.6 Å². The maximum atomic E-state index is 13.7. The molecule has 0 aliphatic heterocycles. The third-order valence-corrected chi connectivity index (χ3v) is 6.16. The lowest BCUT2D eigenvalue weighted by atomic mass is 9.70. The fourth-order valence-electron chi connectivity index (χ4n) is 4.20. The minimum Gasteiger partial charge on any atom is -0.392 e. The Morgan fingerprint density at radius 3 is 1.87 bits per heavy atom. The van der Waals surface area contributed by atoms with Crippen LogP contribution in [-0.4, -0.2) is 35.0 Å². The number of hydrogen-bond acceptors (Lipinski definition) is 2. The van der Waals surface area contributed by atoms with Crippen molar-refractivity contribution >= 4 is 5.78 Å². The molecule has 2 aliphatic rings.